The Labute approximate surface area is 179 Å². The normalized spacial score (nSPS) is 11.3. The Balaban J connectivity index is 1.54. The van der Waals surface area contributed by atoms with Gasteiger partial charge < -0.3 is 5.32 Å². The lowest BCUT2D eigenvalue weighted by molar-refractivity contribution is 0.786. The van der Waals surface area contributed by atoms with Crippen molar-refractivity contribution in [2.24, 2.45) is 0 Å². The Kier molecular flexibility index (Phi) is 4.99. The summed E-state index contributed by atoms with van der Waals surface area (Å²) in [6.07, 6.45) is 1.03. The van der Waals surface area contributed by atoms with Gasteiger partial charge in [0, 0.05) is 5.69 Å². The Morgan fingerprint density at radius 1 is 0.833 bits per heavy atom. The van der Waals surface area contributed by atoms with E-state index in [1.165, 1.54) is 16.9 Å². The highest BCUT2D eigenvalue weighted by Gasteiger charge is 2.24. The van der Waals surface area contributed by atoms with E-state index in [2.05, 4.69) is 95.2 Å². The van der Waals surface area contributed by atoms with Gasteiger partial charge in [0.15, 0.2) is 5.82 Å². The first-order valence-electron chi connectivity index (χ1n) is 10.00. The van der Waals surface area contributed by atoms with Crippen molar-refractivity contribution in [2.75, 3.05) is 5.32 Å². The molecule has 0 amide bonds. The fraction of sp³-hybridized carbons (Fsp3) is 0.125. The number of hydrogen-bond donors (Lipinski definition) is 1. The number of nitrogens with one attached hydrogen (secondary N) is 1. The standard InChI is InChI=1S/C24H21N5S/c1-2-17-13-15-20(16-14-17)25-23-28-29-22(26-27-24(29)30-23)21(18-9-5-3-6-10-18)19-11-7-4-8-12-19/h3-16,21H,2H2,1H3,(H,25,28). The van der Waals surface area contributed by atoms with Crippen molar-refractivity contribution in [1.29, 1.82) is 0 Å². The van der Waals surface area contributed by atoms with E-state index in [1.54, 1.807) is 0 Å². The van der Waals surface area contributed by atoms with Crippen LogP contribution in [0.2, 0.25) is 0 Å². The second-order valence-corrected chi connectivity index (χ2v) is 8.05. The fourth-order valence-corrected chi connectivity index (χ4v) is 4.36. The number of aromatic nitrogens is 4. The van der Waals surface area contributed by atoms with Crippen LogP contribution >= 0.6 is 11.3 Å². The lowest BCUT2D eigenvalue weighted by Gasteiger charge is -2.15. The van der Waals surface area contributed by atoms with Crippen LogP contribution in [-0.2, 0) is 6.42 Å². The van der Waals surface area contributed by atoms with Crippen LogP contribution in [0, 0.1) is 0 Å². The molecule has 6 heteroatoms. The molecule has 2 aromatic heterocycles. The van der Waals surface area contributed by atoms with Crippen LogP contribution < -0.4 is 5.32 Å². The van der Waals surface area contributed by atoms with Gasteiger partial charge in [-0.25, -0.2) is 0 Å². The summed E-state index contributed by atoms with van der Waals surface area (Å²) in [5.74, 6) is 0.772. The van der Waals surface area contributed by atoms with Crippen LogP contribution in [0.1, 0.15) is 35.4 Å². The first-order valence-corrected chi connectivity index (χ1v) is 10.8. The first-order chi connectivity index (χ1) is 14.8. The van der Waals surface area contributed by atoms with E-state index < -0.39 is 0 Å². The van der Waals surface area contributed by atoms with Gasteiger partial charge in [-0.15, -0.1) is 15.3 Å². The molecule has 5 aromatic rings. The van der Waals surface area contributed by atoms with Crippen molar-refractivity contribution >= 4 is 27.1 Å². The molecule has 2 heterocycles. The lowest BCUT2D eigenvalue weighted by atomic mass is 9.91. The average molecular weight is 412 g/mol. The molecule has 0 spiro atoms. The summed E-state index contributed by atoms with van der Waals surface area (Å²) < 4.78 is 1.86. The molecule has 0 aliphatic rings. The van der Waals surface area contributed by atoms with Gasteiger partial charge in [0.25, 0.3) is 0 Å². The molecule has 0 saturated heterocycles. The monoisotopic (exact) mass is 411 g/mol. The van der Waals surface area contributed by atoms with Crippen molar-refractivity contribution < 1.29 is 0 Å². The fourth-order valence-electron chi connectivity index (χ4n) is 3.59. The number of aryl methyl sites for hydroxylation is 1. The zero-order chi connectivity index (χ0) is 20.3. The topological polar surface area (TPSA) is 55.1 Å². The van der Waals surface area contributed by atoms with Crippen molar-refractivity contribution in [3.8, 4) is 0 Å². The molecule has 0 bridgehead atoms. The Bertz CT molecular complexity index is 1200. The third-order valence-corrected chi connectivity index (χ3v) is 5.97. The summed E-state index contributed by atoms with van der Waals surface area (Å²) in [4.78, 5) is 0.773. The minimum absolute atomic E-state index is 0.0406. The van der Waals surface area contributed by atoms with E-state index >= 15 is 0 Å². The van der Waals surface area contributed by atoms with Crippen LogP contribution in [0.15, 0.2) is 84.9 Å². The van der Waals surface area contributed by atoms with Crippen molar-refractivity contribution in [2.45, 2.75) is 19.3 Å². The number of fused-ring (bicyclic) bond motifs is 1. The second kappa shape index (κ2) is 8.08. The molecule has 148 valence electrons. The Morgan fingerprint density at radius 2 is 1.47 bits per heavy atom. The summed E-state index contributed by atoms with van der Waals surface area (Å²) in [5.41, 5.74) is 4.65. The van der Waals surface area contributed by atoms with Crippen molar-refractivity contribution in [3.63, 3.8) is 0 Å². The molecule has 5 nitrogen and oxygen atoms in total. The third kappa shape index (κ3) is 3.57. The van der Waals surface area contributed by atoms with E-state index in [-0.39, 0.29) is 5.92 Å². The van der Waals surface area contributed by atoms with Crippen LogP contribution in [0.4, 0.5) is 10.8 Å². The predicted octanol–water partition coefficient (Wildman–Crippen LogP) is 5.67. The predicted molar refractivity (Wildman–Crippen MR) is 122 cm³/mol. The quantitative estimate of drug-likeness (QED) is 0.391. The zero-order valence-electron chi connectivity index (χ0n) is 16.6. The van der Waals surface area contributed by atoms with Gasteiger partial charge in [-0.05, 0) is 35.2 Å². The van der Waals surface area contributed by atoms with Gasteiger partial charge in [0.1, 0.15) is 0 Å². The summed E-state index contributed by atoms with van der Waals surface area (Å²) in [6, 6.07) is 29.2. The summed E-state index contributed by atoms with van der Waals surface area (Å²) >= 11 is 1.50. The molecule has 0 fully saturated rings. The molecule has 30 heavy (non-hydrogen) atoms. The molecule has 1 N–H and O–H groups in total. The van der Waals surface area contributed by atoms with E-state index in [0.717, 1.165) is 39.2 Å². The molecular formula is C24H21N5S. The van der Waals surface area contributed by atoms with Gasteiger partial charge in [-0.2, -0.15) is 4.52 Å². The highest BCUT2D eigenvalue weighted by atomic mass is 32.1. The van der Waals surface area contributed by atoms with Gasteiger partial charge in [0.05, 0.1) is 5.92 Å². The lowest BCUT2D eigenvalue weighted by Crippen LogP contribution is -2.09. The molecule has 0 aliphatic heterocycles. The molecule has 0 atom stereocenters. The van der Waals surface area contributed by atoms with Gasteiger partial charge in [-0.1, -0.05) is 91.1 Å². The van der Waals surface area contributed by atoms with E-state index in [9.17, 15) is 0 Å². The maximum Gasteiger partial charge on any atom is 0.236 e. The number of nitrogens with zero attached hydrogens (tertiary/aromatic N) is 4. The Hall–Kier alpha value is -3.51. The number of anilines is 2. The second-order valence-electron chi connectivity index (χ2n) is 7.09. The minimum Gasteiger partial charge on any atom is -0.330 e. The van der Waals surface area contributed by atoms with Crippen LogP contribution in [-0.4, -0.2) is 19.8 Å². The van der Waals surface area contributed by atoms with Crippen LogP contribution in [0.25, 0.3) is 4.96 Å². The van der Waals surface area contributed by atoms with Crippen molar-refractivity contribution in [1.82, 2.24) is 19.8 Å². The number of hydrogen-bond acceptors (Lipinski definition) is 5. The number of benzene rings is 3. The summed E-state index contributed by atoms with van der Waals surface area (Å²) in [7, 11) is 0. The van der Waals surface area contributed by atoms with Crippen LogP contribution in [0.3, 0.4) is 0 Å². The highest BCUT2D eigenvalue weighted by Crippen LogP contribution is 2.32. The number of rotatable bonds is 6. The smallest absolute Gasteiger partial charge is 0.236 e. The van der Waals surface area contributed by atoms with Gasteiger partial charge in [0.2, 0.25) is 10.1 Å². The van der Waals surface area contributed by atoms with Gasteiger partial charge >= 0.3 is 0 Å². The SMILES string of the molecule is CCc1ccc(Nc2nn3c(C(c4ccccc4)c4ccccc4)nnc3s2)cc1. The molecular weight excluding hydrogens is 390 g/mol. The molecule has 0 unspecified atom stereocenters. The molecule has 5 rings (SSSR count). The van der Waals surface area contributed by atoms with Gasteiger partial charge in [-0.3, -0.25) is 0 Å². The first kappa shape index (κ1) is 18.5. The molecule has 0 saturated carbocycles. The summed E-state index contributed by atoms with van der Waals surface area (Å²) in [5, 5.41) is 17.9. The largest absolute Gasteiger partial charge is 0.330 e. The average Bonchev–Trinajstić information content (AvgIpc) is 3.37. The Morgan fingerprint density at radius 3 is 2.07 bits per heavy atom. The minimum atomic E-state index is -0.0406. The summed E-state index contributed by atoms with van der Waals surface area (Å²) in [6.45, 7) is 2.16. The zero-order valence-corrected chi connectivity index (χ0v) is 17.4. The maximum absolute atomic E-state index is 4.78. The molecule has 0 aliphatic carbocycles. The van der Waals surface area contributed by atoms with E-state index in [0.29, 0.717) is 0 Å². The maximum atomic E-state index is 4.78. The van der Waals surface area contributed by atoms with Crippen molar-refractivity contribution in [3.05, 3.63) is 107 Å². The van der Waals surface area contributed by atoms with E-state index in [1.807, 2.05) is 16.6 Å². The third-order valence-electron chi connectivity index (χ3n) is 5.15. The highest BCUT2D eigenvalue weighted by molar-refractivity contribution is 7.20. The van der Waals surface area contributed by atoms with Crippen LogP contribution in [0.5, 0.6) is 0 Å². The molecule has 3 aromatic carbocycles. The van der Waals surface area contributed by atoms with E-state index in [4.69, 9.17) is 5.10 Å². The molecule has 0 radical (unpaired) electrons.